The van der Waals surface area contributed by atoms with E-state index in [4.69, 9.17) is 16.6 Å². The highest BCUT2D eigenvalue weighted by molar-refractivity contribution is 7.26. The van der Waals surface area contributed by atoms with E-state index < -0.39 is 0 Å². The van der Waals surface area contributed by atoms with Gasteiger partial charge in [0.1, 0.15) is 22.1 Å². The summed E-state index contributed by atoms with van der Waals surface area (Å²) in [6.45, 7) is 6.51. The van der Waals surface area contributed by atoms with Crippen LogP contribution in [0.3, 0.4) is 0 Å². The second-order valence-corrected chi connectivity index (χ2v) is 8.01. The van der Waals surface area contributed by atoms with E-state index in [0.29, 0.717) is 5.15 Å². The fourth-order valence-electron chi connectivity index (χ4n) is 3.51. The Hall–Kier alpha value is -1.50. The van der Waals surface area contributed by atoms with Crippen molar-refractivity contribution in [3.05, 3.63) is 23.1 Å². The molecule has 1 aliphatic heterocycles. The van der Waals surface area contributed by atoms with Crippen LogP contribution in [0.25, 0.3) is 20.4 Å². The number of hydrogen-bond donors (Lipinski definition) is 0. The van der Waals surface area contributed by atoms with Crippen molar-refractivity contribution in [2.75, 3.05) is 38.1 Å². The van der Waals surface area contributed by atoms with Gasteiger partial charge >= 0.3 is 0 Å². The molecule has 1 saturated heterocycles. The summed E-state index contributed by atoms with van der Waals surface area (Å²) in [5, 5.41) is 1.68. The van der Waals surface area contributed by atoms with Crippen LogP contribution in [0.5, 0.6) is 0 Å². The molecular formula is C18H22ClN5S. The molecule has 3 aromatic rings. The Morgan fingerprint density at radius 1 is 1.20 bits per heavy atom. The van der Waals surface area contributed by atoms with Crippen LogP contribution in [0.2, 0.25) is 5.15 Å². The Bertz CT molecular complexity index is 909. The largest absolute Gasteiger partial charge is 0.355 e. The number of thiophene rings is 1. The molecule has 5 nitrogen and oxygen atoms in total. The third-order valence-electron chi connectivity index (χ3n) is 4.81. The van der Waals surface area contributed by atoms with E-state index in [0.717, 1.165) is 65.3 Å². The number of aryl methyl sites for hydroxylation is 1. The lowest BCUT2D eigenvalue weighted by Gasteiger charge is -2.22. The highest BCUT2D eigenvalue weighted by Gasteiger charge is 2.19. The predicted molar refractivity (Wildman–Crippen MR) is 106 cm³/mol. The molecule has 0 N–H and O–H groups in total. The average Bonchev–Trinajstić information content (AvgIpc) is 2.84. The smallest absolute Gasteiger partial charge is 0.150 e. The van der Waals surface area contributed by atoms with Gasteiger partial charge in [-0.05, 0) is 38.1 Å². The molecule has 0 amide bonds. The summed E-state index contributed by atoms with van der Waals surface area (Å²) in [5.74, 6) is 1.09. The van der Waals surface area contributed by atoms with Crippen LogP contribution < -0.4 is 4.90 Å². The summed E-state index contributed by atoms with van der Waals surface area (Å²) in [4.78, 5) is 19.4. The lowest BCUT2D eigenvalue weighted by atomic mass is 10.1. The summed E-state index contributed by atoms with van der Waals surface area (Å²) in [6, 6.07) is 2.26. The number of aromatic nitrogens is 3. The maximum absolute atomic E-state index is 6.30. The monoisotopic (exact) mass is 375 g/mol. The first-order chi connectivity index (χ1) is 12.2. The number of fused-ring (bicyclic) bond motifs is 3. The van der Waals surface area contributed by atoms with Crippen molar-refractivity contribution in [3.63, 3.8) is 0 Å². The molecule has 1 fully saturated rings. The Labute approximate surface area is 156 Å². The first-order valence-electron chi connectivity index (χ1n) is 8.83. The maximum atomic E-state index is 6.30. The van der Waals surface area contributed by atoms with Crippen molar-refractivity contribution in [1.82, 2.24) is 19.9 Å². The van der Waals surface area contributed by atoms with E-state index in [1.807, 2.05) is 0 Å². The van der Waals surface area contributed by atoms with Crippen LogP contribution in [-0.2, 0) is 6.42 Å². The van der Waals surface area contributed by atoms with E-state index in [1.54, 1.807) is 17.7 Å². The predicted octanol–water partition coefficient (Wildman–Crippen LogP) is 3.99. The molecule has 0 unspecified atom stereocenters. The second kappa shape index (κ2) is 7.02. The highest BCUT2D eigenvalue weighted by Crippen LogP contribution is 2.38. The van der Waals surface area contributed by atoms with Gasteiger partial charge in [0.05, 0.1) is 10.2 Å². The van der Waals surface area contributed by atoms with Crippen molar-refractivity contribution in [3.8, 4) is 0 Å². The first-order valence-corrected chi connectivity index (χ1v) is 10.0. The first kappa shape index (κ1) is 16.9. The van der Waals surface area contributed by atoms with Gasteiger partial charge in [-0.2, -0.15) is 0 Å². The molecule has 0 radical (unpaired) electrons. The summed E-state index contributed by atoms with van der Waals surface area (Å²) in [7, 11) is 2.19. The molecule has 7 heteroatoms. The fraction of sp³-hybridized carbons (Fsp3) is 0.500. The summed E-state index contributed by atoms with van der Waals surface area (Å²) in [6.07, 6.45) is 4.83. The maximum Gasteiger partial charge on any atom is 0.150 e. The molecular weight excluding hydrogens is 354 g/mol. The zero-order valence-electron chi connectivity index (χ0n) is 14.6. The molecule has 0 aliphatic carbocycles. The van der Waals surface area contributed by atoms with E-state index in [-0.39, 0.29) is 0 Å². The minimum absolute atomic E-state index is 0.522. The van der Waals surface area contributed by atoms with E-state index in [2.05, 4.69) is 39.8 Å². The standard InChI is InChI=1S/C18H22ClN5S/c1-3-5-12-10-13(24-7-4-6-23(2)8-9-24)22-18-14(12)15-16(25-18)17(19)21-11-20-15/h10-11H,3-9H2,1-2H3. The third-order valence-corrected chi connectivity index (χ3v) is 6.29. The molecule has 1 aliphatic rings. The molecule has 4 heterocycles. The minimum atomic E-state index is 0.522. The van der Waals surface area contributed by atoms with Crippen LogP contribution in [0.15, 0.2) is 12.4 Å². The van der Waals surface area contributed by atoms with E-state index >= 15 is 0 Å². The molecule has 4 rings (SSSR count). The number of nitrogens with zero attached hydrogens (tertiary/aromatic N) is 5. The van der Waals surface area contributed by atoms with Crippen molar-refractivity contribution in [2.45, 2.75) is 26.2 Å². The molecule has 0 saturated carbocycles. The lowest BCUT2D eigenvalue weighted by molar-refractivity contribution is 0.360. The minimum Gasteiger partial charge on any atom is -0.355 e. The van der Waals surface area contributed by atoms with Crippen molar-refractivity contribution in [1.29, 1.82) is 0 Å². The van der Waals surface area contributed by atoms with Gasteiger partial charge < -0.3 is 9.80 Å². The number of likely N-dealkylation sites (N-methyl/N-ethyl adjacent to an activating group) is 1. The summed E-state index contributed by atoms with van der Waals surface area (Å²) >= 11 is 7.91. The Kier molecular flexibility index (Phi) is 4.75. The Balaban J connectivity index is 1.86. The van der Waals surface area contributed by atoms with Gasteiger partial charge in [-0.25, -0.2) is 15.0 Å². The van der Waals surface area contributed by atoms with Crippen LogP contribution in [0, 0.1) is 0 Å². The zero-order chi connectivity index (χ0) is 17.4. The van der Waals surface area contributed by atoms with Gasteiger partial charge in [0.2, 0.25) is 0 Å². The molecule has 3 aromatic heterocycles. The van der Waals surface area contributed by atoms with Gasteiger partial charge in [-0.15, -0.1) is 11.3 Å². The zero-order valence-corrected chi connectivity index (χ0v) is 16.2. The van der Waals surface area contributed by atoms with Gasteiger partial charge in [-0.3, -0.25) is 0 Å². The van der Waals surface area contributed by atoms with Crippen LogP contribution >= 0.6 is 22.9 Å². The highest BCUT2D eigenvalue weighted by atomic mass is 35.5. The summed E-state index contributed by atoms with van der Waals surface area (Å²) in [5.41, 5.74) is 2.26. The van der Waals surface area contributed by atoms with E-state index in [1.165, 1.54) is 12.0 Å². The van der Waals surface area contributed by atoms with Crippen molar-refractivity contribution >= 4 is 49.2 Å². The Morgan fingerprint density at radius 3 is 2.92 bits per heavy atom. The number of pyridine rings is 1. The van der Waals surface area contributed by atoms with Crippen molar-refractivity contribution in [2.24, 2.45) is 0 Å². The number of halogens is 1. The molecule has 0 bridgehead atoms. The van der Waals surface area contributed by atoms with Gasteiger partial charge in [-0.1, -0.05) is 24.9 Å². The molecule has 25 heavy (non-hydrogen) atoms. The quantitative estimate of drug-likeness (QED) is 0.648. The van der Waals surface area contributed by atoms with Gasteiger partial charge in [0.15, 0.2) is 0 Å². The van der Waals surface area contributed by atoms with Crippen LogP contribution in [0.1, 0.15) is 25.3 Å². The molecule has 0 spiro atoms. The average molecular weight is 376 g/mol. The topological polar surface area (TPSA) is 45.2 Å². The number of rotatable bonds is 3. The normalized spacial score (nSPS) is 16.7. The summed E-state index contributed by atoms with van der Waals surface area (Å²) < 4.78 is 0.941. The Morgan fingerprint density at radius 2 is 2.08 bits per heavy atom. The van der Waals surface area contributed by atoms with E-state index in [9.17, 15) is 0 Å². The van der Waals surface area contributed by atoms with Crippen LogP contribution in [-0.4, -0.2) is 53.1 Å². The SMILES string of the molecule is CCCc1cc(N2CCCN(C)CC2)nc2sc3c(Cl)ncnc3c12. The lowest BCUT2D eigenvalue weighted by Crippen LogP contribution is -2.29. The fourth-order valence-corrected chi connectivity index (χ4v) is 4.81. The van der Waals surface area contributed by atoms with Gasteiger partial charge in [0.25, 0.3) is 0 Å². The van der Waals surface area contributed by atoms with Crippen LogP contribution in [0.4, 0.5) is 5.82 Å². The van der Waals surface area contributed by atoms with Crippen molar-refractivity contribution < 1.29 is 0 Å². The third kappa shape index (κ3) is 3.18. The number of hydrogen-bond acceptors (Lipinski definition) is 6. The number of anilines is 1. The second-order valence-electron chi connectivity index (χ2n) is 6.66. The molecule has 132 valence electrons. The van der Waals surface area contributed by atoms with Gasteiger partial charge in [0, 0.05) is 25.0 Å². The molecule has 0 atom stereocenters. The molecule has 0 aromatic carbocycles.